The van der Waals surface area contributed by atoms with Gasteiger partial charge < -0.3 is 5.73 Å². The van der Waals surface area contributed by atoms with Gasteiger partial charge in [0, 0.05) is 16.8 Å². The molecule has 0 saturated carbocycles. The molecule has 102 valence electrons. The number of hydrogen-bond donors (Lipinski definition) is 1. The third-order valence-electron chi connectivity index (χ3n) is 3.28. The van der Waals surface area contributed by atoms with E-state index in [9.17, 15) is 0 Å². The molecule has 2 rings (SSSR count). The van der Waals surface area contributed by atoms with Gasteiger partial charge in [0.05, 0.1) is 0 Å². The molecular weight excluding hydrogens is 242 g/mol. The Bertz CT molecular complexity index is 582. The van der Waals surface area contributed by atoms with Gasteiger partial charge in [0.15, 0.2) is 0 Å². The van der Waals surface area contributed by atoms with Crippen molar-refractivity contribution in [1.82, 2.24) is 0 Å². The van der Waals surface area contributed by atoms with Crippen LogP contribution in [0.4, 0.5) is 5.69 Å². The first-order chi connectivity index (χ1) is 9.78. The molecule has 0 saturated heterocycles. The lowest BCUT2D eigenvalue weighted by Crippen LogP contribution is -1.86. The Balaban J connectivity index is 1.98. The molecule has 0 radical (unpaired) electrons. The van der Waals surface area contributed by atoms with Crippen molar-refractivity contribution in [2.75, 3.05) is 5.73 Å². The summed E-state index contributed by atoms with van der Waals surface area (Å²) in [4.78, 5) is 0. The van der Waals surface area contributed by atoms with Crippen molar-refractivity contribution < 1.29 is 0 Å². The van der Waals surface area contributed by atoms with E-state index in [0.717, 1.165) is 16.8 Å². The van der Waals surface area contributed by atoms with E-state index in [2.05, 4.69) is 43.0 Å². The first-order valence-corrected chi connectivity index (χ1v) is 7.24. The molecule has 1 heteroatoms. The molecule has 0 aliphatic rings. The third-order valence-corrected chi connectivity index (χ3v) is 3.28. The number of nitrogens with two attached hydrogens (primary N) is 1. The van der Waals surface area contributed by atoms with Crippen LogP contribution < -0.4 is 5.73 Å². The maximum absolute atomic E-state index is 5.65. The first-order valence-electron chi connectivity index (χ1n) is 7.24. The summed E-state index contributed by atoms with van der Waals surface area (Å²) in [6.07, 6.45) is 5.01. The zero-order valence-electron chi connectivity index (χ0n) is 12.0. The molecule has 0 spiro atoms. The Morgan fingerprint density at radius 3 is 1.90 bits per heavy atom. The van der Waals surface area contributed by atoms with Gasteiger partial charge in [0.25, 0.3) is 0 Å². The Morgan fingerprint density at radius 2 is 1.35 bits per heavy atom. The molecule has 0 unspecified atom stereocenters. The first kappa shape index (κ1) is 14.2. The van der Waals surface area contributed by atoms with Gasteiger partial charge in [-0.15, -0.1) is 0 Å². The van der Waals surface area contributed by atoms with Gasteiger partial charge in [-0.05, 0) is 54.8 Å². The van der Waals surface area contributed by atoms with Gasteiger partial charge in [-0.2, -0.15) is 0 Å². The van der Waals surface area contributed by atoms with E-state index in [0.29, 0.717) is 0 Å². The minimum Gasteiger partial charge on any atom is -0.399 e. The second-order valence-corrected chi connectivity index (χ2v) is 5.03. The summed E-state index contributed by atoms with van der Waals surface area (Å²) in [6, 6.07) is 16.2. The minimum absolute atomic E-state index is 0.770. The van der Waals surface area contributed by atoms with Crippen LogP contribution in [0.15, 0.2) is 48.5 Å². The average Bonchev–Trinajstić information content (AvgIpc) is 2.48. The molecule has 0 aromatic heterocycles. The van der Waals surface area contributed by atoms with Crippen molar-refractivity contribution in [2.45, 2.75) is 32.6 Å². The van der Waals surface area contributed by atoms with Crippen LogP contribution in [0.2, 0.25) is 0 Å². The van der Waals surface area contributed by atoms with Crippen molar-refractivity contribution in [3.05, 3.63) is 65.2 Å². The standard InChI is InChI=1S/C19H21N/c1-2-3-4-5-16-6-8-17(9-7-16)10-11-18-12-14-19(20)15-13-18/h6-9,12-15H,2-5,20H2,1H3. The largest absolute Gasteiger partial charge is 0.399 e. The molecular formula is C19H21N. The van der Waals surface area contributed by atoms with Gasteiger partial charge in [-0.1, -0.05) is 43.7 Å². The Morgan fingerprint density at radius 1 is 0.800 bits per heavy atom. The van der Waals surface area contributed by atoms with Crippen LogP contribution >= 0.6 is 0 Å². The fraction of sp³-hybridized carbons (Fsp3) is 0.263. The maximum Gasteiger partial charge on any atom is 0.0314 e. The number of unbranched alkanes of at least 4 members (excludes halogenated alkanes) is 2. The number of anilines is 1. The van der Waals surface area contributed by atoms with E-state index in [4.69, 9.17) is 5.73 Å². The summed E-state index contributed by atoms with van der Waals surface area (Å²) in [5.41, 5.74) is 9.87. The van der Waals surface area contributed by atoms with E-state index >= 15 is 0 Å². The van der Waals surface area contributed by atoms with Gasteiger partial charge >= 0.3 is 0 Å². The molecule has 0 fully saturated rings. The second-order valence-electron chi connectivity index (χ2n) is 5.03. The highest BCUT2D eigenvalue weighted by Crippen LogP contribution is 2.09. The molecule has 1 nitrogen and oxygen atoms in total. The van der Waals surface area contributed by atoms with Crippen LogP contribution in [0.3, 0.4) is 0 Å². The highest BCUT2D eigenvalue weighted by Gasteiger charge is 1.93. The van der Waals surface area contributed by atoms with Crippen molar-refractivity contribution in [2.24, 2.45) is 0 Å². The molecule has 0 aliphatic carbocycles. The molecule has 2 aromatic rings. The van der Waals surface area contributed by atoms with Gasteiger partial charge in [0.1, 0.15) is 0 Å². The topological polar surface area (TPSA) is 26.0 Å². The lowest BCUT2D eigenvalue weighted by atomic mass is 10.1. The molecule has 0 amide bonds. The molecule has 20 heavy (non-hydrogen) atoms. The lowest BCUT2D eigenvalue weighted by molar-refractivity contribution is 0.717. The molecule has 0 aliphatic heterocycles. The summed E-state index contributed by atoms with van der Waals surface area (Å²) in [5.74, 6) is 6.34. The molecule has 2 aromatic carbocycles. The summed E-state index contributed by atoms with van der Waals surface area (Å²) in [6.45, 7) is 2.23. The summed E-state index contributed by atoms with van der Waals surface area (Å²) in [5, 5.41) is 0. The number of benzene rings is 2. The smallest absolute Gasteiger partial charge is 0.0314 e. The number of rotatable bonds is 4. The van der Waals surface area contributed by atoms with E-state index in [-0.39, 0.29) is 0 Å². The monoisotopic (exact) mass is 263 g/mol. The summed E-state index contributed by atoms with van der Waals surface area (Å²) in [7, 11) is 0. The predicted octanol–water partition coefficient (Wildman–Crippen LogP) is 4.40. The van der Waals surface area contributed by atoms with Crippen molar-refractivity contribution in [3.63, 3.8) is 0 Å². The summed E-state index contributed by atoms with van der Waals surface area (Å²) < 4.78 is 0. The molecule has 2 N–H and O–H groups in total. The lowest BCUT2D eigenvalue weighted by Gasteiger charge is -2.00. The van der Waals surface area contributed by atoms with E-state index in [1.165, 1.54) is 31.2 Å². The Kier molecular flexibility index (Phi) is 5.26. The van der Waals surface area contributed by atoms with E-state index in [1.807, 2.05) is 24.3 Å². The number of nitrogen functional groups attached to an aromatic ring is 1. The van der Waals surface area contributed by atoms with Crippen LogP contribution in [0.1, 0.15) is 42.9 Å². The molecule has 0 heterocycles. The van der Waals surface area contributed by atoms with Gasteiger partial charge in [-0.25, -0.2) is 0 Å². The highest BCUT2D eigenvalue weighted by atomic mass is 14.5. The van der Waals surface area contributed by atoms with Crippen LogP contribution in [0.5, 0.6) is 0 Å². The van der Waals surface area contributed by atoms with Crippen LogP contribution in [0, 0.1) is 11.8 Å². The van der Waals surface area contributed by atoms with Crippen LogP contribution in [-0.2, 0) is 6.42 Å². The highest BCUT2D eigenvalue weighted by molar-refractivity contribution is 5.47. The zero-order chi connectivity index (χ0) is 14.2. The normalized spacial score (nSPS) is 9.85. The van der Waals surface area contributed by atoms with E-state index < -0.39 is 0 Å². The second kappa shape index (κ2) is 7.40. The predicted molar refractivity (Wildman–Crippen MR) is 86.5 cm³/mol. The van der Waals surface area contributed by atoms with Crippen molar-refractivity contribution in [3.8, 4) is 11.8 Å². The van der Waals surface area contributed by atoms with Crippen LogP contribution in [-0.4, -0.2) is 0 Å². The van der Waals surface area contributed by atoms with Gasteiger partial charge in [-0.3, -0.25) is 0 Å². The molecule has 0 atom stereocenters. The third kappa shape index (κ3) is 4.48. The zero-order valence-corrected chi connectivity index (χ0v) is 12.0. The minimum atomic E-state index is 0.770. The number of aryl methyl sites for hydroxylation is 1. The Hall–Kier alpha value is -2.20. The average molecular weight is 263 g/mol. The van der Waals surface area contributed by atoms with Crippen LogP contribution in [0.25, 0.3) is 0 Å². The van der Waals surface area contributed by atoms with E-state index in [1.54, 1.807) is 0 Å². The van der Waals surface area contributed by atoms with Gasteiger partial charge in [0.2, 0.25) is 0 Å². The fourth-order valence-corrected chi connectivity index (χ4v) is 2.04. The molecule has 0 bridgehead atoms. The fourth-order valence-electron chi connectivity index (χ4n) is 2.04. The SMILES string of the molecule is CCCCCc1ccc(C#Cc2ccc(N)cc2)cc1. The summed E-state index contributed by atoms with van der Waals surface area (Å²) >= 11 is 0. The Labute approximate surface area is 121 Å². The maximum atomic E-state index is 5.65. The van der Waals surface area contributed by atoms with Crippen molar-refractivity contribution in [1.29, 1.82) is 0 Å². The quantitative estimate of drug-likeness (QED) is 0.494. The van der Waals surface area contributed by atoms with Crippen molar-refractivity contribution >= 4 is 5.69 Å². The number of hydrogen-bond acceptors (Lipinski definition) is 1.